The normalized spacial score (nSPS) is 8.92. The van der Waals surface area contributed by atoms with Gasteiger partial charge in [-0.25, -0.2) is 4.39 Å². The highest BCUT2D eigenvalue weighted by molar-refractivity contribution is 6.03. The number of benzene rings is 1. The van der Waals surface area contributed by atoms with Crippen molar-refractivity contribution < 1.29 is 9.18 Å². The molecule has 1 aromatic rings. The molecule has 0 atom stereocenters. The van der Waals surface area contributed by atoms with Crippen LogP contribution in [0, 0.1) is 18.2 Å². The summed E-state index contributed by atoms with van der Waals surface area (Å²) in [7, 11) is 0. The van der Waals surface area contributed by atoms with Gasteiger partial charge in [-0.1, -0.05) is 0 Å². The summed E-state index contributed by atoms with van der Waals surface area (Å²) >= 11 is 0. The van der Waals surface area contributed by atoms with Crippen molar-refractivity contribution in [2.75, 3.05) is 11.1 Å². The number of halogens is 1. The number of nitrogens with two attached hydrogens (primary N) is 1. The maximum absolute atomic E-state index is 12.6. The molecule has 1 rings (SSSR count). The van der Waals surface area contributed by atoms with Gasteiger partial charge in [0.1, 0.15) is 5.82 Å². The Morgan fingerprint density at radius 1 is 1.62 bits per heavy atom. The molecule has 13 heavy (non-hydrogen) atoms. The van der Waals surface area contributed by atoms with Crippen molar-refractivity contribution in [1.29, 1.82) is 0 Å². The molecule has 0 saturated heterocycles. The van der Waals surface area contributed by atoms with E-state index in [2.05, 4.69) is 5.32 Å². The van der Waals surface area contributed by atoms with E-state index >= 15 is 0 Å². The highest BCUT2D eigenvalue weighted by Crippen LogP contribution is 2.15. The first kappa shape index (κ1) is 9.07. The number of carbonyl (C=O) groups excluding carboxylic acids is 1. The maximum Gasteiger partial charge on any atom is 0.300 e. The molecule has 0 aliphatic carbocycles. The van der Waals surface area contributed by atoms with Gasteiger partial charge in [0.15, 0.2) is 0 Å². The topological polar surface area (TPSA) is 55.1 Å². The Balaban J connectivity index is 2.87. The summed E-state index contributed by atoms with van der Waals surface area (Å²) < 4.78 is 12.6. The van der Waals surface area contributed by atoms with E-state index in [9.17, 15) is 9.18 Å². The molecule has 66 valence electrons. The summed E-state index contributed by atoms with van der Waals surface area (Å²) in [6.45, 7) is 0. The summed E-state index contributed by atoms with van der Waals surface area (Å²) in [5, 5.41) is 2.34. The molecule has 3 nitrogen and oxygen atoms in total. The van der Waals surface area contributed by atoms with Gasteiger partial charge >= 0.3 is 0 Å². The lowest BCUT2D eigenvalue weighted by atomic mass is 10.2. The van der Waals surface area contributed by atoms with Gasteiger partial charge in [-0.3, -0.25) is 4.79 Å². The van der Waals surface area contributed by atoms with Crippen LogP contribution in [-0.2, 0) is 4.79 Å². The highest BCUT2D eigenvalue weighted by atomic mass is 19.1. The Hall–Kier alpha value is -2.02. The van der Waals surface area contributed by atoms with Gasteiger partial charge in [-0.15, -0.1) is 6.42 Å². The second-order valence-corrected chi connectivity index (χ2v) is 2.33. The monoisotopic (exact) mass is 178 g/mol. The zero-order chi connectivity index (χ0) is 9.84. The van der Waals surface area contributed by atoms with Crippen molar-refractivity contribution in [2.45, 2.75) is 0 Å². The van der Waals surface area contributed by atoms with Crippen LogP contribution in [-0.4, -0.2) is 5.91 Å². The molecular weight excluding hydrogens is 171 g/mol. The molecule has 0 heterocycles. The smallest absolute Gasteiger partial charge is 0.300 e. The van der Waals surface area contributed by atoms with Crippen molar-refractivity contribution in [3.8, 4) is 12.3 Å². The van der Waals surface area contributed by atoms with Gasteiger partial charge < -0.3 is 11.1 Å². The Morgan fingerprint density at radius 3 is 2.85 bits per heavy atom. The predicted octanol–water partition coefficient (Wildman–Crippen LogP) is 0.980. The first-order chi connectivity index (χ1) is 6.13. The molecule has 0 unspecified atom stereocenters. The van der Waals surface area contributed by atoms with Crippen LogP contribution in [0.4, 0.5) is 15.8 Å². The van der Waals surface area contributed by atoms with Crippen molar-refractivity contribution in [1.82, 2.24) is 0 Å². The van der Waals surface area contributed by atoms with Gasteiger partial charge in [0, 0.05) is 5.69 Å². The van der Waals surface area contributed by atoms with Crippen LogP contribution in [0.3, 0.4) is 0 Å². The summed E-state index contributed by atoms with van der Waals surface area (Å²) in [5.41, 5.74) is 5.60. The van der Waals surface area contributed by atoms with Crippen LogP contribution >= 0.6 is 0 Å². The zero-order valence-electron chi connectivity index (χ0n) is 6.67. The molecule has 0 fully saturated rings. The van der Waals surface area contributed by atoms with Crippen molar-refractivity contribution in [2.24, 2.45) is 0 Å². The van der Waals surface area contributed by atoms with E-state index in [1.807, 2.05) is 5.92 Å². The lowest BCUT2D eigenvalue weighted by Gasteiger charge is -2.02. The molecule has 0 bridgehead atoms. The lowest BCUT2D eigenvalue weighted by Crippen LogP contribution is -2.08. The lowest BCUT2D eigenvalue weighted by molar-refractivity contribution is -0.111. The van der Waals surface area contributed by atoms with Crippen LogP contribution in [0.1, 0.15) is 0 Å². The quantitative estimate of drug-likeness (QED) is 0.497. The Morgan fingerprint density at radius 2 is 2.31 bits per heavy atom. The number of rotatable bonds is 1. The second kappa shape index (κ2) is 3.59. The minimum Gasteiger partial charge on any atom is -0.396 e. The molecule has 0 spiro atoms. The van der Waals surface area contributed by atoms with Crippen LogP contribution in [0.5, 0.6) is 0 Å². The number of nitrogens with one attached hydrogen (secondary N) is 1. The van der Waals surface area contributed by atoms with Gasteiger partial charge in [-0.2, -0.15) is 0 Å². The first-order valence-electron chi connectivity index (χ1n) is 3.46. The van der Waals surface area contributed by atoms with Crippen molar-refractivity contribution >= 4 is 17.3 Å². The number of anilines is 2. The first-order valence-corrected chi connectivity index (χ1v) is 3.46. The molecular formula is C9H7FN2O. The van der Waals surface area contributed by atoms with Crippen LogP contribution in [0.15, 0.2) is 18.2 Å². The molecule has 1 amide bonds. The average Bonchev–Trinajstić information content (AvgIpc) is 2.11. The Labute approximate surface area is 74.7 Å². The molecule has 0 aliphatic rings. The van der Waals surface area contributed by atoms with Crippen LogP contribution in [0.25, 0.3) is 0 Å². The number of terminal acetylenes is 1. The summed E-state index contributed by atoms with van der Waals surface area (Å²) in [6, 6.07) is 3.83. The second-order valence-electron chi connectivity index (χ2n) is 2.33. The number of nitrogen functional groups attached to an aromatic ring is 1. The maximum atomic E-state index is 12.6. The fourth-order valence-electron chi connectivity index (χ4n) is 0.789. The zero-order valence-corrected chi connectivity index (χ0v) is 6.67. The predicted molar refractivity (Wildman–Crippen MR) is 48.3 cm³/mol. The van der Waals surface area contributed by atoms with E-state index in [-0.39, 0.29) is 5.69 Å². The number of amides is 1. The van der Waals surface area contributed by atoms with E-state index in [0.717, 1.165) is 6.07 Å². The molecule has 1 aromatic carbocycles. The number of hydrogen-bond donors (Lipinski definition) is 2. The van der Waals surface area contributed by atoms with E-state index in [4.69, 9.17) is 12.2 Å². The number of hydrogen-bond acceptors (Lipinski definition) is 2. The highest BCUT2D eigenvalue weighted by Gasteiger charge is 2.01. The molecule has 3 N–H and O–H groups in total. The minimum absolute atomic E-state index is 0.0326. The molecule has 0 radical (unpaired) electrons. The van der Waals surface area contributed by atoms with Gasteiger partial charge in [0.25, 0.3) is 5.91 Å². The molecule has 0 saturated carbocycles. The molecule has 0 aromatic heterocycles. The summed E-state index contributed by atoms with van der Waals surface area (Å²) in [5.74, 6) is 0.742. The Bertz CT molecular complexity index is 382. The van der Waals surface area contributed by atoms with Crippen molar-refractivity contribution in [3.05, 3.63) is 24.0 Å². The largest absolute Gasteiger partial charge is 0.396 e. The number of carbonyl (C=O) groups is 1. The summed E-state index contributed by atoms with van der Waals surface area (Å²) in [4.78, 5) is 10.7. The third-order valence-corrected chi connectivity index (χ3v) is 1.38. The van der Waals surface area contributed by atoms with E-state index in [0.29, 0.717) is 5.69 Å². The van der Waals surface area contributed by atoms with Gasteiger partial charge in [0.05, 0.1) is 5.69 Å². The van der Waals surface area contributed by atoms with Crippen molar-refractivity contribution in [3.63, 3.8) is 0 Å². The molecule has 4 heteroatoms. The average molecular weight is 178 g/mol. The Kier molecular flexibility index (Phi) is 2.50. The van der Waals surface area contributed by atoms with E-state index < -0.39 is 11.7 Å². The van der Waals surface area contributed by atoms with E-state index in [1.54, 1.807) is 0 Å². The van der Waals surface area contributed by atoms with Crippen LogP contribution < -0.4 is 11.1 Å². The third-order valence-electron chi connectivity index (χ3n) is 1.38. The summed E-state index contributed by atoms with van der Waals surface area (Å²) in [6.07, 6.45) is 4.82. The standard InChI is InChI=1S/C9H7FN2O/c1-2-9(13)12-6-3-4-7(10)8(11)5-6/h1,3-5H,11H2,(H,12,13). The van der Waals surface area contributed by atoms with E-state index in [1.165, 1.54) is 12.1 Å². The molecule has 0 aliphatic heterocycles. The van der Waals surface area contributed by atoms with Crippen LogP contribution in [0.2, 0.25) is 0 Å². The third kappa shape index (κ3) is 2.20. The SMILES string of the molecule is C#CC(=O)Nc1ccc(F)c(N)c1. The minimum atomic E-state index is -0.592. The van der Waals surface area contributed by atoms with Gasteiger partial charge in [-0.05, 0) is 24.1 Å². The fourth-order valence-corrected chi connectivity index (χ4v) is 0.789. The van der Waals surface area contributed by atoms with Gasteiger partial charge in [0.2, 0.25) is 0 Å². The fraction of sp³-hybridized carbons (Fsp3) is 0.